The largest absolute Gasteiger partial charge is 0.476 e. The van der Waals surface area contributed by atoms with E-state index in [0.29, 0.717) is 6.73 Å². The highest BCUT2D eigenvalue weighted by atomic mass is 32.1. The molecule has 0 amide bonds. The van der Waals surface area contributed by atoms with Crippen LogP contribution in [0.5, 0.6) is 5.75 Å². The average molecular weight is 144 g/mol. The molecule has 9 heavy (non-hydrogen) atoms. The molecule has 3 nitrogen and oxygen atoms in total. The van der Waals surface area contributed by atoms with Crippen LogP contribution in [-0.4, -0.2) is 18.2 Å². The summed E-state index contributed by atoms with van der Waals surface area (Å²) < 4.78 is 9.00. The van der Waals surface area contributed by atoms with Gasteiger partial charge in [-0.2, -0.15) is 4.37 Å². The maximum atomic E-state index is 5.13. The molecule has 1 rings (SSSR count). The Morgan fingerprint density at radius 3 is 3.33 bits per heavy atom. The molecule has 0 fully saturated rings. The van der Waals surface area contributed by atoms with Crippen molar-refractivity contribution >= 4 is 11.5 Å². The second-order valence-corrected chi connectivity index (χ2v) is 2.16. The van der Waals surface area contributed by atoms with Gasteiger partial charge in [-0.15, -0.1) is 0 Å². The second-order valence-electron chi connectivity index (χ2n) is 1.50. The fourth-order valence-electron chi connectivity index (χ4n) is 0.422. The van der Waals surface area contributed by atoms with Crippen LogP contribution in [0, 0.1) is 0 Å². The Labute approximate surface area is 57.8 Å². The molecular formula is C5H8N2OS. The molecule has 50 valence electrons. The SMILES string of the molecule is CNCOc1cnsc1. The molecule has 0 atom stereocenters. The Hall–Kier alpha value is -0.610. The highest BCUT2D eigenvalue weighted by Crippen LogP contribution is 2.09. The van der Waals surface area contributed by atoms with Crippen molar-refractivity contribution in [2.24, 2.45) is 0 Å². The van der Waals surface area contributed by atoms with E-state index in [4.69, 9.17) is 4.74 Å². The fourth-order valence-corrected chi connectivity index (χ4v) is 0.880. The van der Waals surface area contributed by atoms with Gasteiger partial charge in [0, 0.05) is 0 Å². The molecule has 0 bridgehead atoms. The third-order valence-electron chi connectivity index (χ3n) is 0.793. The van der Waals surface area contributed by atoms with Gasteiger partial charge < -0.3 is 4.74 Å². The van der Waals surface area contributed by atoms with Gasteiger partial charge in [-0.05, 0) is 18.6 Å². The van der Waals surface area contributed by atoms with Gasteiger partial charge in [0.25, 0.3) is 0 Å². The molecule has 0 aromatic carbocycles. The van der Waals surface area contributed by atoms with E-state index < -0.39 is 0 Å². The summed E-state index contributed by atoms with van der Waals surface area (Å²) >= 11 is 1.39. The molecule has 0 radical (unpaired) electrons. The molecule has 4 heteroatoms. The topological polar surface area (TPSA) is 34.1 Å². The number of aromatic nitrogens is 1. The molecule has 0 saturated heterocycles. The van der Waals surface area contributed by atoms with Crippen LogP contribution in [0.1, 0.15) is 0 Å². The first-order valence-corrected chi connectivity index (χ1v) is 3.44. The van der Waals surface area contributed by atoms with Gasteiger partial charge >= 0.3 is 0 Å². The van der Waals surface area contributed by atoms with Crippen LogP contribution < -0.4 is 10.1 Å². The summed E-state index contributed by atoms with van der Waals surface area (Å²) in [7, 11) is 1.83. The van der Waals surface area contributed by atoms with Crippen molar-refractivity contribution < 1.29 is 4.74 Å². The minimum absolute atomic E-state index is 0.540. The van der Waals surface area contributed by atoms with Gasteiger partial charge in [0.15, 0.2) is 5.75 Å². The number of nitrogens with one attached hydrogen (secondary N) is 1. The van der Waals surface area contributed by atoms with Gasteiger partial charge in [0.1, 0.15) is 6.73 Å². The second kappa shape index (κ2) is 3.42. The van der Waals surface area contributed by atoms with Gasteiger partial charge in [-0.1, -0.05) is 0 Å². The molecule has 0 spiro atoms. The monoisotopic (exact) mass is 144 g/mol. The Kier molecular flexibility index (Phi) is 2.48. The first-order valence-electron chi connectivity index (χ1n) is 2.60. The van der Waals surface area contributed by atoms with E-state index in [9.17, 15) is 0 Å². The number of rotatable bonds is 3. The number of ether oxygens (including phenoxy) is 1. The van der Waals surface area contributed by atoms with Crippen molar-refractivity contribution in [1.82, 2.24) is 9.69 Å². The van der Waals surface area contributed by atoms with Crippen LogP contribution >= 0.6 is 11.5 Å². The van der Waals surface area contributed by atoms with Crippen molar-refractivity contribution in [3.63, 3.8) is 0 Å². The van der Waals surface area contributed by atoms with Crippen molar-refractivity contribution in [2.75, 3.05) is 13.8 Å². The molecule has 0 saturated carbocycles. The van der Waals surface area contributed by atoms with E-state index in [0.717, 1.165) is 5.75 Å². The number of hydrogen-bond acceptors (Lipinski definition) is 4. The summed E-state index contributed by atoms with van der Waals surface area (Å²) in [6.07, 6.45) is 1.70. The summed E-state index contributed by atoms with van der Waals surface area (Å²) in [5.74, 6) is 0.828. The van der Waals surface area contributed by atoms with Crippen LogP contribution in [-0.2, 0) is 0 Å². The van der Waals surface area contributed by atoms with Crippen LogP contribution in [0.2, 0.25) is 0 Å². The van der Waals surface area contributed by atoms with E-state index in [1.807, 2.05) is 12.4 Å². The fraction of sp³-hybridized carbons (Fsp3) is 0.400. The van der Waals surface area contributed by atoms with Gasteiger partial charge in [0.05, 0.1) is 11.6 Å². The van der Waals surface area contributed by atoms with E-state index in [1.165, 1.54) is 11.5 Å². The van der Waals surface area contributed by atoms with Crippen LogP contribution in [0.25, 0.3) is 0 Å². The molecule has 0 aliphatic carbocycles. The van der Waals surface area contributed by atoms with E-state index in [-0.39, 0.29) is 0 Å². The van der Waals surface area contributed by atoms with Crippen molar-refractivity contribution in [3.05, 3.63) is 11.6 Å². The lowest BCUT2D eigenvalue weighted by molar-refractivity contribution is 0.296. The summed E-state index contributed by atoms with van der Waals surface area (Å²) in [5.41, 5.74) is 0. The van der Waals surface area contributed by atoms with Gasteiger partial charge in [0.2, 0.25) is 0 Å². The third-order valence-corrected chi connectivity index (χ3v) is 1.36. The zero-order valence-corrected chi connectivity index (χ0v) is 5.94. The molecule has 0 aliphatic heterocycles. The highest BCUT2D eigenvalue weighted by molar-refractivity contribution is 7.03. The van der Waals surface area contributed by atoms with Gasteiger partial charge in [-0.25, -0.2) is 0 Å². The predicted octanol–water partition coefficient (Wildman–Crippen LogP) is 0.699. The summed E-state index contributed by atoms with van der Waals surface area (Å²) in [6, 6.07) is 0. The maximum absolute atomic E-state index is 5.13. The minimum Gasteiger partial charge on any atom is -0.476 e. The average Bonchev–Trinajstić information content (AvgIpc) is 2.34. The van der Waals surface area contributed by atoms with E-state index in [2.05, 4.69) is 9.69 Å². The molecule has 1 heterocycles. The minimum atomic E-state index is 0.540. The Morgan fingerprint density at radius 1 is 1.89 bits per heavy atom. The summed E-state index contributed by atoms with van der Waals surface area (Å²) in [4.78, 5) is 0. The quantitative estimate of drug-likeness (QED) is 0.634. The first kappa shape index (κ1) is 6.51. The van der Waals surface area contributed by atoms with Crippen molar-refractivity contribution in [3.8, 4) is 5.75 Å². The molecule has 0 aliphatic rings. The first-order chi connectivity index (χ1) is 4.43. The zero-order valence-electron chi connectivity index (χ0n) is 5.13. The van der Waals surface area contributed by atoms with E-state index >= 15 is 0 Å². The van der Waals surface area contributed by atoms with Crippen LogP contribution in [0.15, 0.2) is 11.6 Å². The summed E-state index contributed by atoms with van der Waals surface area (Å²) in [5, 5.41) is 4.72. The Bertz CT molecular complexity index is 152. The van der Waals surface area contributed by atoms with Crippen molar-refractivity contribution in [1.29, 1.82) is 0 Å². The third kappa shape index (κ3) is 1.99. The lowest BCUT2D eigenvalue weighted by Crippen LogP contribution is -2.13. The molecular weight excluding hydrogens is 136 g/mol. The normalized spacial score (nSPS) is 9.44. The Balaban J connectivity index is 2.30. The smallest absolute Gasteiger partial charge is 0.152 e. The maximum Gasteiger partial charge on any atom is 0.152 e. The highest BCUT2D eigenvalue weighted by Gasteiger charge is 1.89. The molecule has 1 aromatic rings. The van der Waals surface area contributed by atoms with Crippen LogP contribution in [0.3, 0.4) is 0 Å². The lowest BCUT2D eigenvalue weighted by atomic mass is 10.7. The summed E-state index contributed by atoms with van der Waals surface area (Å²) in [6.45, 7) is 0.540. The van der Waals surface area contributed by atoms with Gasteiger partial charge in [-0.3, -0.25) is 5.32 Å². The zero-order chi connectivity index (χ0) is 6.53. The van der Waals surface area contributed by atoms with E-state index in [1.54, 1.807) is 6.20 Å². The molecule has 0 unspecified atom stereocenters. The lowest BCUT2D eigenvalue weighted by Gasteiger charge is -1.98. The molecule has 1 N–H and O–H groups in total. The Morgan fingerprint density at radius 2 is 2.78 bits per heavy atom. The van der Waals surface area contributed by atoms with Crippen LogP contribution in [0.4, 0.5) is 0 Å². The molecule has 1 aromatic heterocycles. The predicted molar refractivity (Wildman–Crippen MR) is 36.7 cm³/mol. The van der Waals surface area contributed by atoms with Crippen molar-refractivity contribution in [2.45, 2.75) is 0 Å². The number of nitrogens with zero attached hydrogens (tertiary/aromatic N) is 1. The standard InChI is InChI=1S/C5H8N2OS/c1-6-4-8-5-2-7-9-3-5/h2-3,6H,4H2,1H3. The number of hydrogen-bond donors (Lipinski definition) is 1.